The predicted molar refractivity (Wildman–Crippen MR) is 291 cm³/mol. The molecule has 8 heteroatoms. The van der Waals surface area contributed by atoms with Gasteiger partial charge in [-0.2, -0.15) is 0 Å². The Kier molecular flexibility index (Phi) is 17.9. The van der Waals surface area contributed by atoms with Crippen LogP contribution >= 0.6 is 22.7 Å². The minimum absolute atomic E-state index is 0.424. The first kappa shape index (κ1) is 51.4. The molecule has 3 aromatic carbocycles. The zero-order valence-corrected chi connectivity index (χ0v) is 44.6. The van der Waals surface area contributed by atoms with Crippen molar-refractivity contribution < 1.29 is 18.6 Å². The van der Waals surface area contributed by atoms with Gasteiger partial charge in [0.1, 0.15) is 0 Å². The van der Waals surface area contributed by atoms with Crippen LogP contribution in [-0.4, -0.2) is 36.6 Å². The molecule has 4 nitrogen and oxygen atoms in total. The van der Waals surface area contributed by atoms with Crippen LogP contribution in [0.5, 0.6) is 0 Å². The SMILES string of the molecule is CCCCCCCCCCCCc1ccc(-c2c3ccc(B4OC(C)(C)C(C)(C)O4)cc3c(-c3ccc(CCCCCCCCCCCC)s3)c3ccc(B4OC(C)(C)C(C)(C)O4)cc23)s1. The van der Waals surface area contributed by atoms with Crippen molar-refractivity contribution in [1.29, 1.82) is 0 Å². The fraction of sp³-hybridized carbons (Fsp3) is 0.621. The number of hydrogen-bond donors (Lipinski definition) is 0. The Morgan fingerprint density at radius 2 is 0.667 bits per heavy atom. The maximum atomic E-state index is 6.70. The van der Waals surface area contributed by atoms with Crippen LogP contribution in [-0.2, 0) is 31.5 Å². The van der Waals surface area contributed by atoms with Crippen molar-refractivity contribution >= 4 is 69.4 Å². The summed E-state index contributed by atoms with van der Waals surface area (Å²) in [6, 6.07) is 23.6. The van der Waals surface area contributed by atoms with Gasteiger partial charge in [-0.1, -0.05) is 166 Å². The Morgan fingerprint density at radius 3 is 0.985 bits per heavy atom. The van der Waals surface area contributed by atoms with Gasteiger partial charge in [-0.05, 0) is 138 Å². The van der Waals surface area contributed by atoms with Crippen LogP contribution in [0.2, 0.25) is 0 Å². The van der Waals surface area contributed by atoms with E-state index < -0.39 is 36.6 Å². The van der Waals surface area contributed by atoms with Gasteiger partial charge < -0.3 is 18.6 Å². The highest BCUT2D eigenvalue weighted by Crippen LogP contribution is 2.48. The van der Waals surface area contributed by atoms with E-state index in [2.05, 4.69) is 130 Å². The first-order valence-corrected chi connectivity index (χ1v) is 28.2. The van der Waals surface area contributed by atoms with Crippen molar-refractivity contribution in [3.05, 3.63) is 70.4 Å². The third-order valence-corrected chi connectivity index (χ3v) is 17.9. The molecule has 0 aliphatic carbocycles. The van der Waals surface area contributed by atoms with E-state index >= 15 is 0 Å². The van der Waals surface area contributed by atoms with Gasteiger partial charge in [0.25, 0.3) is 0 Å². The molecule has 0 spiro atoms. The molecule has 5 aromatic rings. The molecule has 0 N–H and O–H groups in total. The lowest BCUT2D eigenvalue weighted by molar-refractivity contribution is 0.00578. The molecular weight excluding hydrogens is 846 g/mol. The molecule has 66 heavy (non-hydrogen) atoms. The zero-order valence-electron chi connectivity index (χ0n) is 42.9. The maximum Gasteiger partial charge on any atom is 0.494 e. The number of aryl methyl sites for hydroxylation is 2. The molecule has 2 aromatic heterocycles. The van der Waals surface area contributed by atoms with E-state index in [1.807, 2.05) is 22.7 Å². The molecular formula is C58H84B2O4S2. The molecule has 358 valence electrons. The van der Waals surface area contributed by atoms with E-state index in [0.29, 0.717) is 0 Å². The first-order valence-electron chi connectivity index (χ1n) is 26.6. The van der Waals surface area contributed by atoms with Gasteiger partial charge in [-0.15, -0.1) is 22.7 Å². The summed E-state index contributed by atoms with van der Waals surface area (Å²) in [5, 5.41) is 5.04. The molecule has 0 saturated carbocycles. The van der Waals surface area contributed by atoms with Crippen LogP contribution in [0.1, 0.15) is 207 Å². The van der Waals surface area contributed by atoms with Crippen molar-refractivity contribution in [3.8, 4) is 20.9 Å². The summed E-state index contributed by atoms with van der Waals surface area (Å²) in [5.41, 5.74) is 3.03. The number of thiophene rings is 2. The van der Waals surface area contributed by atoms with Gasteiger partial charge >= 0.3 is 14.2 Å². The van der Waals surface area contributed by atoms with Crippen LogP contribution in [0.3, 0.4) is 0 Å². The van der Waals surface area contributed by atoms with Gasteiger partial charge in [-0.25, -0.2) is 0 Å². The first-order chi connectivity index (χ1) is 31.6. The fourth-order valence-electron chi connectivity index (χ4n) is 9.91. The molecule has 0 amide bonds. The lowest BCUT2D eigenvalue weighted by atomic mass is 9.75. The third-order valence-electron chi connectivity index (χ3n) is 15.6. The van der Waals surface area contributed by atoms with Crippen LogP contribution in [0.25, 0.3) is 42.4 Å². The van der Waals surface area contributed by atoms with Gasteiger partial charge in [0.15, 0.2) is 0 Å². The molecule has 0 bridgehead atoms. The highest BCUT2D eigenvalue weighted by atomic mass is 32.1. The summed E-state index contributed by atoms with van der Waals surface area (Å²) >= 11 is 3.96. The van der Waals surface area contributed by atoms with Crippen molar-refractivity contribution in [2.45, 2.75) is 233 Å². The number of rotatable bonds is 26. The molecule has 2 fully saturated rings. The summed E-state index contributed by atoms with van der Waals surface area (Å²) in [6.07, 6.45) is 29.4. The predicted octanol–water partition coefficient (Wildman–Crippen LogP) is 17.0. The number of hydrogen-bond acceptors (Lipinski definition) is 6. The third kappa shape index (κ3) is 12.3. The fourth-order valence-corrected chi connectivity index (χ4v) is 12.2. The number of unbranched alkanes of at least 4 members (excludes halogenated alkanes) is 18. The molecule has 0 radical (unpaired) electrons. The standard InChI is InChI=1S/C58H84B2O4S2/c1-11-13-15-17-19-21-23-25-27-29-31-45-35-39-51(65-45)53-47-37-33-44(60-63-57(7,8)58(9,10)64-60)42-50(47)54(48-38-34-43(41-49(48)53)59-61-55(3,4)56(5,6)62-59)52-40-36-46(66-52)32-30-28-26-24-22-20-18-16-14-12-2/h33-42H,11-32H2,1-10H3. The van der Waals surface area contributed by atoms with Gasteiger partial charge in [0.05, 0.1) is 22.4 Å². The van der Waals surface area contributed by atoms with E-state index in [0.717, 1.165) is 23.8 Å². The van der Waals surface area contributed by atoms with Gasteiger partial charge in [0.2, 0.25) is 0 Å². The van der Waals surface area contributed by atoms with Crippen molar-refractivity contribution in [2.75, 3.05) is 0 Å². The van der Waals surface area contributed by atoms with Crippen LogP contribution < -0.4 is 10.9 Å². The Bertz CT molecular complexity index is 2130. The van der Waals surface area contributed by atoms with E-state index in [1.54, 1.807) is 0 Å². The van der Waals surface area contributed by atoms with E-state index in [1.165, 1.54) is 181 Å². The second-order valence-electron chi connectivity index (χ2n) is 21.9. The Balaban J connectivity index is 1.23. The largest absolute Gasteiger partial charge is 0.494 e. The summed E-state index contributed by atoms with van der Waals surface area (Å²) < 4.78 is 26.8. The monoisotopic (exact) mass is 931 g/mol. The van der Waals surface area contributed by atoms with Crippen LogP contribution in [0, 0.1) is 0 Å². The lowest BCUT2D eigenvalue weighted by Crippen LogP contribution is -2.41. The van der Waals surface area contributed by atoms with Crippen LogP contribution in [0.15, 0.2) is 60.7 Å². The van der Waals surface area contributed by atoms with E-state index in [4.69, 9.17) is 18.6 Å². The molecule has 2 aliphatic rings. The van der Waals surface area contributed by atoms with Crippen molar-refractivity contribution in [1.82, 2.24) is 0 Å². The quantitative estimate of drug-likeness (QED) is 0.0315. The molecule has 4 heterocycles. The summed E-state index contributed by atoms with van der Waals surface area (Å²) in [5.74, 6) is 0. The Morgan fingerprint density at radius 1 is 0.364 bits per heavy atom. The van der Waals surface area contributed by atoms with E-state index in [-0.39, 0.29) is 0 Å². The highest BCUT2D eigenvalue weighted by molar-refractivity contribution is 7.16. The minimum Gasteiger partial charge on any atom is -0.399 e. The second kappa shape index (κ2) is 23.0. The summed E-state index contributed by atoms with van der Waals surface area (Å²) in [4.78, 5) is 5.59. The Labute approximate surface area is 410 Å². The van der Waals surface area contributed by atoms with Gasteiger partial charge in [-0.3, -0.25) is 0 Å². The summed E-state index contributed by atoms with van der Waals surface area (Å²) in [7, 11) is -0.886. The normalized spacial score (nSPS) is 17.5. The topological polar surface area (TPSA) is 36.9 Å². The highest BCUT2D eigenvalue weighted by Gasteiger charge is 2.53. The second-order valence-corrected chi connectivity index (χ2v) is 24.3. The molecule has 7 rings (SSSR count). The zero-order chi connectivity index (χ0) is 47.0. The van der Waals surface area contributed by atoms with E-state index in [9.17, 15) is 0 Å². The van der Waals surface area contributed by atoms with Crippen molar-refractivity contribution in [2.24, 2.45) is 0 Å². The average molecular weight is 931 g/mol. The maximum absolute atomic E-state index is 6.70. The molecule has 0 atom stereocenters. The minimum atomic E-state index is -0.443. The smallest absolute Gasteiger partial charge is 0.399 e. The Hall–Kier alpha value is -2.45. The van der Waals surface area contributed by atoms with Crippen LogP contribution in [0.4, 0.5) is 0 Å². The van der Waals surface area contributed by atoms with Gasteiger partial charge in [0, 0.05) is 30.6 Å². The molecule has 2 saturated heterocycles. The van der Waals surface area contributed by atoms with Crippen molar-refractivity contribution in [3.63, 3.8) is 0 Å². The number of fused-ring (bicyclic) bond motifs is 2. The average Bonchev–Trinajstić information content (AvgIpc) is 4.04. The molecule has 2 aliphatic heterocycles. The number of benzene rings is 3. The molecule has 0 unspecified atom stereocenters. The summed E-state index contributed by atoms with van der Waals surface area (Å²) in [6.45, 7) is 21.8. The lowest BCUT2D eigenvalue weighted by Gasteiger charge is -2.32.